The lowest BCUT2D eigenvalue weighted by molar-refractivity contribution is -0.294. The number of fused-ring (bicyclic) bond motifs is 5. The highest BCUT2D eigenvalue weighted by Gasteiger charge is 2.70. The number of hydrogen-bond acceptors (Lipinski definition) is 4. The monoisotopic (exact) mass is 436 g/mol. The van der Waals surface area contributed by atoms with Crippen molar-refractivity contribution >= 4 is 0 Å². The molecule has 9 unspecified atom stereocenters. The summed E-state index contributed by atoms with van der Waals surface area (Å²) < 4.78 is 0. The van der Waals surface area contributed by atoms with E-state index in [1.807, 2.05) is 6.92 Å². The molecule has 0 aromatic heterocycles. The van der Waals surface area contributed by atoms with Crippen LogP contribution in [0.2, 0.25) is 0 Å². The first-order chi connectivity index (χ1) is 14.4. The van der Waals surface area contributed by atoms with Gasteiger partial charge in [0.05, 0.1) is 18.3 Å². The van der Waals surface area contributed by atoms with Crippen LogP contribution < -0.4 is 0 Å². The van der Waals surface area contributed by atoms with Gasteiger partial charge in [0, 0.05) is 11.8 Å². The van der Waals surface area contributed by atoms with E-state index in [9.17, 15) is 20.4 Å². The van der Waals surface area contributed by atoms with Gasteiger partial charge < -0.3 is 20.4 Å². The van der Waals surface area contributed by atoms with Crippen LogP contribution in [0.25, 0.3) is 0 Å². The van der Waals surface area contributed by atoms with Crippen molar-refractivity contribution in [3.8, 4) is 0 Å². The largest absolute Gasteiger partial charge is 0.393 e. The second kappa shape index (κ2) is 8.25. The molecule has 4 saturated carbocycles. The maximum Gasteiger partial charge on any atom is 0.101 e. The molecule has 180 valence electrons. The summed E-state index contributed by atoms with van der Waals surface area (Å²) in [6, 6.07) is 0. The molecule has 0 saturated heterocycles. The molecule has 0 spiro atoms. The summed E-state index contributed by atoms with van der Waals surface area (Å²) in [5.41, 5.74) is -1.82. The lowest BCUT2D eigenvalue weighted by Crippen LogP contribution is -2.72. The highest BCUT2D eigenvalue weighted by Crippen LogP contribution is 2.69. The normalized spacial score (nSPS) is 53.0. The maximum atomic E-state index is 11.6. The third-order valence-corrected chi connectivity index (χ3v) is 11.1. The second-order valence-corrected chi connectivity index (χ2v) is 13.0. The first kappa shape index (κ1) is 24.0. The van der Waals surface area contributed by atoms with E-state index in [2.05, 4.69) is 27.7 Å². The lowest BCUT2D eigenvalue weighted by atomic mass is 9.41. The van der Waals surface area contributed by atoms with E-state index in [4.69, 9.17) is 0 Å². The van der Waals surface area contributed by atoms with Gasteiger partial charge in [0.2, 0.25) is 0 Å². The quantitative estimate of drug-likeness (QED) is 0.511. The fourth-order valence-electron chi connectivity index (χ4n) is 9.35. The Labute approximate surface area is 189 Å². The molecule has 31 heavy (non-hydrogen) atoms. The summed E-state index contributed by atoms with van der Waals surface area (Å²) in [6.45, 7) is 11.6. The van der Waals surface area contributed by atoms with Gasteiger partial charge in [-0.15, -0.1) is 0 Å². The molecule has 0 bridgehead atoms. The van der Waals surface area contributed by atoms with Crippen molar-refractivity contribution in [2.24, 2.45) is 46.3 Å². The summed E-state index contributed by atoms with van der Waals surface area (Å²) in [5.74, 6) is 3.40. The van der Waals surface area contributed by atoms with Gasteiger partial charge in [0.15, 0.2) is 0 Å². The van der Waals surface area contributed by atoms with Crippen molar-refractivity contribution in [3.63, 3.8) is 0 Å². The van der Waals surface area contributed by atoms with Crippen LogP contribution in [0.4, 0.5) is 0 Å². The van der Waals surface area contributed by atoms with Gasteiger partial charge in [0.25, 0.3) is 0 Å². The standard InChI is InChI=1S/C27H48O4/c1-16(2)7-6-8-17(3)20-9-10-21-19-14-24(30)27(31)15-18(28)13-23(29)26(27,5)22(19)11-12-25(20,21)4/h16-24,28-31H,6-15H2,1-5H3/t17-,18?,19?,20?,21?,22?,23?,24?,25?,26?,27+/m1/s1. The Hall–Kier alpha value is -0.160. The number of rotatable bonds is 5. The van der Waals surface area contributed by atoms with Crippen molar-refractivity contribution in [1.29, 1.82) is 0 Å². The molecule has 4 heteroatoms. The van der Waals surface area contributed by atoms with E-state index in [1.54, 1.807) is 0 Å². The third-order valence-electron chi connectivity index (χ3n) is 11.1. The van der Waals surface area contributed by atoms with E-state index < -0.39 is 29.3 Å². The minimum absolute atomic E-state index is 0.183. The fourth-order valence-corrected chi connectivity index (χ4v) is 9.35. The molecule has 4 rings (SSSR count). The van der Waals surface area contributed by atoms with Crippen molar-refractivity contribution in [2.45, 2.75) is 123 Å². The van der Waals surface area contributed by atoms with E-state index in [0.717, 1.165) is 30.6 Å². The van der Waals surface area contributed by atoms with Crippen molar-refractivity contribution in [1.82, 2.24) is 0 Å². The summed E-state index contributed by atoms with van der Waals surface area (Å²) in [7, 11) is 0. The van der Waals surface area contributed by atoms with Crippen LogP contribution >= 0.6 is 0 Å². The Kier molecular flexibility index (Phi) is 6.38. The summed E-state index contributed by atoms with van der Waals surface area (Å²) in [5, 5.41) is 44.2. The summed E-state index contributed by atoms with van der Waals surface area (Å²) in [4.78, 5) is 0. The van der Waals surface area contributed by atoms with E-state index in [1.165, 1.54) is 32.1 Å². The zero-order valence-corrected chi connectivity index (χ0v) is 20.6. The first-order valence-corrected chi connectivity index (χ1v) is 13.2. The Bertz CT molecular complexity index is 651. The molecule has 0 aliphatic heterocycles. The van der Waals surface area contributed by atoms with Crippen LogP contribution in [0.5, 0.6) is 0 Å². The average Bonchev–Trinajstić information content (AvgIpc) is 3.02. The molecular weight excluding hydrogens is 388 g/mol. The average molecular weight is 437 g/mol. The summed E-state index contributed by atoms with van der Waals surface area (Å²) >= 11 is 0. The van der Waals surface area contributed by atoms with Crippen LogP contribution in [-0.4, -0.2) is 44.3 Å². The highest BCUT2D eigenvalue weighted by atomic mass is 16.4. The Morgan fingerprint density at radius 2 is 1.58 bits per heavy atom. The molecule has 4 aliphatic rings. The van der Waals surface area contributed by atoms with Crippen molar-refractivity contribution in [3.05, 3.63) is 0 Å². The zero-order valence-electron chi connectivity index (χ0n) is 20.6. The fraction of sp³-hybridized carbons (Fsp3) is 1.00. The minimum Gasteiger partial charge on any atom is -0.393 e. The third kappa shape index (κ3) is 3.54. The van der Waals surface area contributed by atoms with Gasteiger partial charge in [-0.05, 0) is 79.4 Å². The molecule has 4 fully saturated rings. The molecule has 0 amide bonds. The predicted molar refractivity (Wildman–Crippen MR) is 123 cm³/mol. The van der Waals surface area contributed by atoms with Gasteiger partial charge in [-0.1, -0.05) is 53.9 Å². The van der Waals surface area contributed by atoms with Gasteiger partial charge in [-0.25, -0.2) is 0 Å². The van der Waals surface area contributed by atoms with E-state index >= 15 is 0 Å². The van der Waals surface area contributed by atoms with E-state index in [-0.39, 0.29) is 12.3 Å². The Morgan fingerprint density at radius 3 is 2.26 bits per heavy atom. The topological polar surface area (TPSA) is 80.9 Å². The molecule has 0 aromatic rings. The molecule has 0 heterocycles. The van der Waals surface area contributed by atoms with Gasteiger partial charge >= 0.3 is 0 Å². The van der Waals surface area contributed by atoms with Crippen LogP contribution in [0, 0.1) is 46.3 Å². The lowest BCUT2D eigenvalue weighted by Gasteiger charge is -2.66. The minimum atomic E-state index is -1.39. The second-order valence-electron chi connectivity index (χ2n) is 13.0. The van der Waals surface area contributed by atoms with Crippen molar-refractivity contribution in [2.75, 3.05) is 0 Å². The smallest absolute Gasteiger partial charge is 0.101 e. The number of aliphatic hydroxyl groups excluding tert-OH is 3. The molecule has 4 nitrogen and oxygen atoms in total. The molecule has 4 aliphatic carbocycles. The number of hydrogen-bond donors (Lipinski definition) is 4. The van der Waals surface area contributed by atoms with Crippen LogP contribution in [0.15, 0.2) is 0 Å². The van der Waals surface area contributed by atoms with Gasteiger partial charge in [-0.2, -0.15) is 0 Å². The SMILES string of the molecule is CC(C)CCC[C@@H](C)C1CCC2C3CC(O)[C@@]4(O)CC(O)CC(O)C4(C)C3CCC21C. The highest BCUT2D eigenvalue weighted by molar-refractivity contribution is 5.19. The van der Waals surface area contributed by atoms with Crippen LogP contribution in [-0.2, 0) is 0 Å². The Morgan fingerprint density at radius 1 is 0.871 bits per heavy atom. The summed E-state index contributed by atoms with van der Waals surface area (Å²) in [6.07, 6.45) is 7.37. The van der Waals surface area contributed by atoms with Gasteiger partial charge in [-0.3, -0.25) is 0 Å². The molecule has 11 atom stereocenters. The number of aliphatic hydroxyl groups is 4. The maximum absolute atomic E-state index is 11.6. The van der Waals surface area contributed by atoms with E-state index in [0.29, 0.717) is 30.1 Å². The first-order valence-electron chi connectivity index (χ1n) is 13.2. The van der Waals surface area contributed by atoms with Crippen LogP contribution in [0.1, 0.15) is 98.8 Å². The Balaban J connectivity index is 1.56. The zero-order chi connectivity index (χ0) is 22.8. The van der Waals surface area contributed by atoms with Crippen LogP contribution in [0.3, 0.4) is 0 Å². The van der Waals surface area contributed by atoms with Gasteiger partial charge in [0.1, 0.15) is 5.60 Å². The molecule has 0 radical (unpaired) electrons. The molecule has 4 N–H and O–H groups in total. The molecule has 0 aromatic carbocycles. The van der Waals surface area contributed by atoms with Crippen molar-refractivity contribution < 1.29 is 20.4 Å². The molecular formula is C27H48O4. The predicted octanol–water partition coefficient (Wildman–Crippen LogP) is 4.53.